The summed E-state index contributed by atoms with van der Waals surface area (Å²) in [6.45, 7) is 9.63. The van der Waals surface area contributed by atoms with Crippen molar-refractivity contribution in [1.29, 1.82) is 0 Å². The highest BCUT2D eigenvalue weighted by atomic mass is 16.5. The van der Waals surface area contributed by atoms with Gasteiger partial charge in [-0.1, -0.05) is 42.8 Å². The minimum Gasteiger partial charge on any atom is -0.493 e. The number of hydrogen-bond acceptors (Lipinski definition) is 3. The summed E-state index contributed by atoms with van der Waals surface area (Å²) in [5, 5.41) is 3.12. The van der Waals surface area contributed by atoms with Crippen LogP contribution in [-0.4, -0.2) is 31.2 Å². The van der Waals surface area contributed by atoms with Gasteiger partial charge in [0.05, 0.1) is 14.2 Å². The molecule has 0 aliphatic heterocycles. The van der Waals surface area contributed by atoms with Crippen LogP contribution in [0.25, 0.3) is 0 Å². The van der Waals surface area contributed by atoms with Crippen molar-refractivity contribution in [3.05, 3.63) is 81.7 Å². The zero-order valence-electron chi connectivity index (χ0n) is 20.0. The molecule has 0 radical (unpaired) electrons. The van der Waals surface area contributed by atoms with Crippen LogP contribution >= 0.6 is 0 Å². The molecule has 0 unspecified atom stereocenters. The van der Waals surface area contributed by atoms with Gasteiger partial charge >= 0.3 is 0 Å². The first-order valence-corrected chi connectivity index (χ1v) is 11.1. The fourth-order valence-corrected chi connectivity index (χ4v) is 4.28. The summed E-state index contributed by atoms with van der Waals surface area (Å²) in [6, 6.07) is 14.3. The van der Waals surface area contributed by atoms with E-state index in [9.17, 15) is 4.79 Å². The van der Waals surface area contributed by atoms with Crippen molar-refractivity contribution in [2.45, 2.75) is 47.1 Å². The van der Waals surface area contributed by atoms with Crippen LogP contribution in [0.1, 0.15) is 50.9 Å². The molecule has 2 aromatic carbocycles. The Labute approximate surface area is 191 Å². The first kappa shape index (κ1) is 23.5. The van der Waals surface area contributed by atoms with Gasteiger partial charge < -0.3 is 19.4 Å². The van der Waals surface area contributed by atoms with E-state index in [2.05, 4.69) is 61.8 Å². The number of benzene rings is 2. The SMILES string of the molecule is CCc1c(C)c(C(=O)NCCc2ccc(OC)c(OC)c2)n(Cc2ccc(C)cc2)c1C. The lowest BCUT2D eigenvalue weighted by Gasteiger charge is -2.14. The molecule has 1 N–H and O–H groups in total. The van der Waals surface area contributed by atoms with Gasteiger partial charge in [-0.25, -0.2) is 0 Å². The zero-order chi connectivity index (χ0) is 23.3. The number of carbonyl (C=O) groups is 1. The van der Waals surface area contributed by atoms with Gasteiger partial charge in [0.15, 0.2) is 11.5 Å². The maximum Gasteiger partial charge on any atom is 0.268 e. The van der Waals surface area contributed by atoms with Gasteiger partial charge in [0, 0.05) is 18.8 Å². The molecule has 32 heavy (non-hydrogen) atoms. The van der Waals surface area contributed by atoms with E-state index < -0.39 is 0 Å². The molecule has 1 heterocycles. The number of nitrogens with one attached hydrogen (secondary N) is 1. The summed E-state index contributed by atoms with van der Waals surface area (Å²) in [5.41, 5.74) is 7.75. The van der Waals surface area contributed by atoms with Crippen molar-refractivity contribution < 1.29 is 14.3 Å². The Morgan fingerprint density at radius 3 is 2.22 bits per heavy atom. The van der Waals surface area contributed by atoms with E-state index in [1.807, 2.05) is 18.2 Å². The van der Waals surface area contributed by atoms with Crippen LogP contribution in [0.5, 0.6) is 11.5 Å². The summed E-state index contributed by atoms with van der Waals surface area (Å²) in [6.07, 6.45) is 1.62. The topological polar surface area (TPSA) is 52.5 Å². The molecule has 1 aromatic heterocycles. The fraction of sp³-hybridized carbons (Fsp3) is 0.370. The Hall–Kier alpha value is -3.21. The van der Waals surface area contributed by atoms with Crippen molar-refractivity contribution >= 4 is 5.91 Å². The van der Waals surface area contributed by atoms with Crippen LogP contribution in [0.3, 0.4) is 0 Å². The maximum atomic E-state index is 13.2. The molecular weight excluding hydrogens is 400 g/mol. The number of carbonyl (C=O) groups excluding carboxylic acids is 1. The third kappa shape index (κ3) is 4.98. The second-order valence-corrected chi connectivity index (χ2v) is 8.16. The lowest BCUT2D eigenvalue weighted by atomic mass is 10.1. The van der Waals surface area contributed by atoms with E-state index in [4.69, 9.17) is 9.47 Å². The number of nitrogens with zero attached hydrogens (tertiary/aromatic N) is 1. The molecule has 0 bridgehead atoms. The number of rotatable bonds is 9. The molecular formula is C27H34N2O3. The van der Waals surface area contributed by atoms with Gasteiger partial charge in [-0.3, -0.25) is 4.79 Å². The Bertz CT molecular complexity index is 1080. The van der Waals surface area contributed by atoms with Crippen LogP contribution in [0.15, 0.2) is 42.5 Å². The van der Waals surface area contributed by atoms with E-state index in [0.29, 0.717) is 31.0 Å². The van der Waals surface area contributed by atoms with E-state index >= 15 is 0 Å². The van der Waals surface area contributed by atoms with Gasteiger partial charge in [0.1, 0.15) is 5.69 Å². The summed E-state index contributed by atoms with van der Waals surface area (Å²) in [5.74, 6) is 1.37. The number of ether oxygens (including phenoxy) is 2. The average molecular weight is 435 g/mol. The molecule has 0 saturated carbocycles. The van der Waals surface area contributed by atoms with Crippen LogP contribution in [0, 0.1) is 20.8 Å². The molecule has 5 heteroatoms. The van der Waals surface area contributed by atoms with E-state index in [1.165, 1.54) is 16.7 Å². The van der Waals surface area contributed by atoms with Crippen molar-refractivity contribution in [3.8, 4) is 11.5 Å². The highest BCUT2D eigenvalue weighted by Crippen LogP contribution is 2.28. The third-order valence-electron chi connectivity index (χ3n) is 6.10. The summed E-state index contributed by atoms with van der Waals surface area (Å²) < 4.78 is 12.8. The Morgan fingerprint density at radius 1 is 0.938 bits per heavy atom. The number of amides is 1. The predicted octanol–water partition coefficient (Wildman–Crippen LogP) is 5.01. The standard InChI is InChI=1S/C27H34N2O3/c1-7-23-19(3)26(29(20(23)4)17-22-10-8-18(2)9-11-22)27(30)28-15-14-21-12-13-24(31-5)25(16-21)32-6/h8-13,16H,7,14-15,17H2,1-6H3,(H,28,30). The van der Waals surface area contributed by atoms with Crippen molar-refractivity contribution in [2.75, 3.05) is 20.8 Å². The second-order valence-electron chi connectivity index (χ2n) is 8.16. The van der Waals surface area contributed by atoms with Gasteiger partial charge in [-0.05, 0) is 68.0 Å². The van der Waals surface area contributed by atoms with Crippen molar-refractivity contribution in [2.24, 2.45) is 0 Å². The Balaban J connectivity index is 1.77. The minimum absolute atomic E-state index is 0.0297. The number of methoxy groups -OCH3 is 2. The highest BCUT2D eigenvalue weighted by Gasteiger charge is 2.21. The molecule has 0 aliphatic rings. The van der Waals surface area contributed by atoms with Crippen LogP contribution < -0.4 is 14.8 Å². The Morgan fingerprint density at radius 2 is 1.59 bits per heavy atom. The molecule has 5 nitrogen and oxygen atoms in total. The molecule has 3 rings (SSSR count). The minimum atomic E-state index is -0.0297. The van der Waals surface area contributed by atoms with E-state index in [-0.39, 0.29) is 5.91 Å². The molecule has 3 aromatic rings. The van der Waals surface area contributed by atoms with Crippen LogP contribution in [0.4, 0.5) is 0 Å². The second kappa shape index (κ2) is 10.4. The van der Waals surface area contributed by atoms with Crippen molar-refractivity contribution in [3.63, 3.8) is 0 Å². The van der Waals surface area contributed by atoms with Gasteiger partial charge in [0.2, 0.25) is 0 Å². The average Bonchev–Trinajstić information content (AvgIpc) is 3.03. The smallest absolute Gasteiger partial charge is 0.268 e. The number of hydrogen-bond donors (Lipinski definition) is 1. The third-order valence-corrected chi connectivity index (χ3v) is 6.10. The molecule has 0 saturated heterocycles. The van der Waals surface area contributed by atoms with E-state index in [0.717, 1.165) is 28.9 Å². The normalized spacial score (nSPS) is 10.8. The summed E-state index contributed by atoms with van der Waals surface area (Å²) >= 11 is 0. The lowest BCUT2D eigenvalue weighted by Crippen LogP contribution is -2.29. The monoisotopic (exact) mass is 434 g/mol. The molecule has 0 atom stereocenters. The lowest BCUT2D eigenvalue weighted by molar-refractivity contribution is 0.0944. The zero-order valence-corrected chi connectivity index (χ0v) is 20.0. The maximum absolute atomic E-state index is 13.2. The quantitative estimate of drug-likeness (QED) is 0.515. The first-order valence-electron chi connectivity index (χ1n) is 11.1. The summed E-state index contributed by atoms with van der Waals surface area (Å²) in [4.78, 5) is 13.2. The molecule has 170 valence electrons. The van der Waals surface area contributed by atoms with Crippen molar-refractivity contribution in [1.82, 2.24) is 9.88 Å². The highest BCUT2D eigenvalue weighted by molar-refractivity contribution is 5.95. The van der Waals surface area contributed by atoms with E-state index in [1.54, 1.807) is 14.2 Å². The molecule has 1 amide bonds. The van der Waals surface area contributed by atoms with Gasteiger partial charge in [-0.15, -0.1) is 0 Å². The Kier molecular flexibility index (Phi) is 7.62. The number of aromatic nitrogens is 1. The number of aryl methyl sites for hydroxylation is 1. The first-order chi connectivity index (χ1) is 15.4. The van der Waals surface area contributed by atoms with Crippen LogP contribution in [-0.2, 0) is 19.4 Å². The fourth-order valence-electron chi connectivity index (χ4n) is 4.28. The largest absolute Gasteiger partial charge is 0.493 e. The predicted molar refractivity (Wildman–Crippen MR) is 129 cm³/mol. The van der Waals surface area contributed by atoms with Gasteiger partial charge in [0.25, 0.3) is 5.91 Å². The summed E-state index contributed by atoms with van der Waals surface area (Å²) in [7, 11) is 3.25. The molecule has 0 fully saturated rings. The molecule has 0 aliphatic carbocycles. The van der Waals surface area contributed by atoms with Gasteiger partial charge in [-0.2, -0.15) is 0 Å². The molecule has 0 spiro atoms. The van der Waals surface area contributed by atoms with Crippen LogP contribution in [0.2, 0.25) is 0 Å².